The fraction of sp³-hybridized carbons (Fsp3) is 0.267. The summed E-state index contributed by atoms with van der Waals surface area (Å²) in [5.74, 6) is 0.884. The molecule has 2 heterocycles. The van der Waals surface area contributed by atoms with E-state index >= 15 is 0 Å². The van der Waals surface area contributed by atoms with Crippen LogP contribution in [-0.4, -0.2) is 9.55 Å². The number of benzene rings is 1. The third-order valence-corrected chi connectivity index (χ3v) is 4.73. The highest BCUT2D eigenvalue weighted by atomic mass is 35.5. The Morgan fingerprint density at radius 2 is 2.15 bits per heavy atom. The molecule has 2 aromatic heterocycles. The molecule has 0 radical (unpaired) electrons. The Labute approximate surface area is 132 Å². The van der Waals surface area contributed by atoms with E-state index in [0.717, 1.165) is 23.4 Å². The number of aromatic nitrogens is 2. The van der Waals surface area contributed by atoms with Crippen molar-refractivity contribution < 1.29 is 0 Å². The number of nitrogens with zero attached hydrogens (tertiary/aromatic N) is 2. The average molecular weight is 325 g/mol. The SMILES string of the molecule is Cc1cscc1Cn1c(C(C)Cl)nc2cc(Cl)ccc21. The van der Waals surface area contributed by atoms with Gasteiger partial charge in [-0.1, -0.05) is 11.6 Å². The monoisotopic (exact) mass is 324 g/mol. The number of halogens is 2. The third-order valence-electron chi connectivity index (χ3n) is 3.39. The maximum atomic E-state index is 6.29. The molecule has 1 atom stereocenters. The lowest BCUT2D eigenvalue weighted by atomic mass is 10.2. The van der Waals surface area contributed by atoms with Crippen LogP contribution in [0.4, 0.5) is 0 Å². The summed E-state index contributed by atoms with van der Waals surface area (Å²) < 4.78 is 2.18. The standard InChI is InChI=1S/C15H14Cl2N2S/c1-9-7-20-8-11(9)6-19-14-4-3-12(17)5-13(14)18-15(19)10(2)16/h3-5,7-8,10H,6H2,1-2H3. The van der Waals surface area contributed by atoms with E-state index in [4.69, 9.17) is 23.2 Å². The highest BCUT2D eigenvalue weighted by Crippen LogP contribution is 2.28. The second-order valence-corrected chi connectivity index (χ2v) is 6.72. The van der Waals surface area contributed by atoms with E-state index in [1.165, 1.54) is 11.1 Å². The molecule has 0 amide bonds. The first kappa shape index (κ1) is 13.9. The molecule has 2 nitrogen and oxygen atoms in total. The maximum Gasteiger partial charge on any atom is 0.128 e. The van der Waals surface area contributed by atoms with Crippen LogP contribution in [-0.2, 0) is 6.54 Å². The van der Waals surface area contributed by atoms with Crippen molar-refractivity contribution in [1.29, 1.82) is 0 Å². The minimum absolute atomic E-state index is 0.139. The Morgan fingerprint density at radius 1 is 1.35 bits per heavy atom. The van der Waals surface area contributed by atoms with Crippen molar-refractivity contribution in [3.63, 3.8) is 0 Å². The summed E-state index contributed by atoms with van der Waals surface area (Å²) in [7, 11) is 0. The zero-order chi connectivity index (χ0) is 14.3. The van der Waals surface area contributed by atoms with Gasteiger partial charge in [0.2, 0.25) is 0 Å². The number of hydrogen-bond acceptors (Lipinski definition) is 2. The summed E-state index contributed by atoms with van der Waals surface area (Å²) in [6, 6.07) is 5.79. The van der Waals surface area contributed by atoms with Gasteiger partial charge in [0.25, 0.3) is 0 Å². The summed E-state index contributed by atoms with van der Waals surface area (Å²) in [5.41, 5.74) is 4.58. The van der Waals surface area contributed by atoms with Crippen molar-refractivity contribution in [2.75, 3.05) is 0 Å². The van der Waals surface area contributed by atoms with Crippen LogP contribution in [0.25, 0.3) is 11.0 Å². The van der Waals surface area contributed by atoms with Gasteiger partial charge in [-0.15, -0.1) is 11.6 Å². The molecular formula is C15H14Cl2N2S. The number of aryl methyl sites for hydroxylation is 1. The number of thiophene rings is 1. The molecule has 0 aliphatic rings. The van der Waals surface area contributed by atoms with Gasteiger partial charge in [0.05, 0.1) is 23.0 Å². The maximum absolute atomic E-state index is 6.29. The van der Waals surface area contributed by atoms with Crippen molar-refractivity contribution in [3.05, 3.63) is 50.9 Å². The largest absolute Gasteiger partial charge is 0.322 e. The van der Waals surface area contributed by atoms with Gasteiger partial charge in [0.1, 0.15) is 5.82 Å². The lowest BCUT2D eigenvalue weighted by molar-refractivity contribution is 0.741. The van der Waals surface area contributed by atoms with Gasteiger partial charge in [-0.2, -0.15) is 11.3 Å². The molecule has 0 aliphatic carbocycles. The summed E-state index contributed by atoms with van der Waals surface area (Å²) in [6.45, 7) is 4.87. The van der Waals surface area contributed by atoms with Gasteiger partial charge in [0, 0.05) is 5.02 Å². The minimum Gasteiger partial charge on any atom is -0.322 e. The van der Waals surface area contributed by atoms with E-state index in [1.807, 2.05) is 25.1 Å². The van der Waals surface area contributed by atoms with E-state index in [1.54, 1.807) is 11.3 Å². The van der Waals surface area contributed by atoms with E-state index in [0.29, 0.717) is 5.02 Å². The van der Waals surface area contributed by atoms with Crippen LogP contribution in [0.5, 0.6) is 0 Å². The molecule has 0 saturated carbocycles. The summed E-state index contributed by atoms with van der Waals surface area (Å²) in [6.07, 6.45) is 0. The number of fused-ring (bicyclic) bond motifs is 1. The van der Waals surface area contributed by atoms with Crippen LogP contribution < -0.4 is 0 Å². The molecule has 0 fully saturated rings. The Balaban J connectivity index is 2.16. The first-order valence-corrected chi connectivity index (χ1v) is 8.13. The first-order valence-electron chi connectivity index (χ1n) is 6.37. The van der Waals surface area contributed by atoms with Gasteiger partial charge < -0.3 is 4.57 Å². The van der Waals surface area contributed by atoms with Gasteiger partial charge in [-0.3, -0.25) is 0 Å². The van der Waals surface area contributed by atoms with E-state index in [9.17, 15) is 0 Å². The zero-order valence-electron chi connectivity index (χ0n) is 11.2. The van der Waals surface area contributed by atoms with Crippen molar-refractivity contribution in [1.82, 2.24) is 9.55 Å². The Hall–Kier alpha value is -1.03. The number of alkyl halides is 1. The van der Waals surface area contributed by atoms with E-state index in [-0.39, 0.29) is 5.38 Å². The molecule has 0 aliphatic heterocycles. The minimum atomic E-state index is -0.139. The van der Waals surface area contributed by atoms with Crippen LogP contribution in [0, 0.1) is 6.92 Å². The normalized spacial score (nSPS) is 13.0. The fourth-order valence-corrected chi connectivity index (χ4v) is 3.49. The van der Waals surface area contributed by atoms with E-state index in [2.05, 4.69) is 27.2 Å². The van der Waals surface area contributed by atoms with Crippen LogP contribution in [0.1, 0.15) is 29.3 Å². The predicted molar refractivity (Wildman–Crippen MR) is 87.2 cm³/mol. The molecule has 104 valence electrons. The molecule has 1 aromatic carbocycles. The highest BCUT2D eigenvalue weighted by molar-refractivity contribution is 7.08. The number of hydrogen-bond donors (Lipinski definition) is 0. The molecule has 3 aromatic rings. The molecule has 5 heteroatoms. The molecule has 1 unspecified atom stereocenters. The van der Waals surface area contributed by atoms with Gasteiger partial charge >= 0.3 is 0 Å². The first-order chi connectivity index (χ1) is 9.56. The molecule has 20 heavy (non-hydrogen) atoms. The van der Waals surface area contributed by atoms with E-state index < -0.39 is 0 Å². The van der Waals surface area contributed by atoms with Crippen LogP contribution >= 0.6 is 34.5 Å². The average Bonchev–Trinajstić information content (AvgIpc) is 2.95. The summed E-state index contributed by atoms with van der Waals surface area (Å²) in [5, 5.41) is 4.90. The van der Waals surface area contributed by atoms with Crippen LogP contribution in [0.15, 0.2) is 29.0 Å². The lowest BCUT2D eigenvalue weighted by Gasteiger charge is -2.10. The van der Waals surface area contributed by atoms with Crippen molar-refractivity contribution in [2.24, 2.45) is 0 Å². The Kier molecular flexibility index (Phi) is 3.76. The number of imidazole rings is 1. The van der Waals surface area contributed by atoms with Crippen molar-refractivity contribution in [3.8, 4) is 0 Å². The van der Waals surface area contributed by atoms with Crippen LogP contribution in [0.2, 0.25) is 5.02 Å². The van der Waals surface area contributed by atoms with Gasteiger partial charge in [0.15, 0.2) is 0 Å². The molecule has 0 N–H and O–H groups in total. The lowest BCUT2D eigenvalue weighted by Crippen LogP contribution is -2.05. The second kappa shape index (κ2) is 5.40. The van der Waals surface area contributed by atoms with Crippen molar-refractivity contribution >= 4 is 45.6 Å². The molecule has 0 saturated heterocycles. The quantitative estimate of drug-likeness (QED) is 0.589. The zero-order valence-corrected chi connectivity index (χ0v) is 13.6. The van der Waals surface area contributed by atoms with Crippen LogP contribution in [0.3, 0.4) is 0 Å². The van der Waals surface area contributed by atoms with Gasteiger partial charge in [-0.25, -0.2) is 4.98 Å². The summed E-state index contributed by atoms with van der Waals surface area (Å²) >= 11 is 14.1. The predicted octanol–water partition coefficient (Wildman–Crippen LogP) is 5.41. The molecule has 0 spiro atoms. The third kappa shape index (κ3) is 2.46. The van der Waals surface area contributed by atoms with Crippen molar-refractivity contribution in [2.45, 2.75) is 25.8 Å². The topological polar surface area (TPSA) is 17.8 Å². The Morgan fingerprint density at radius 3 is 2.80 bits per heavy atom. The highest BCUT2D eigenvalue weighted by Gasteiger charge is 2.16. The fourth-order valence-electron chi connectivity index (χ4n) is 2.31. The summed E-state index contributed by atoms with van der Waals surface area (Å²) in [4.78, 5) is 4.63. The molecule has 0 bridgehead atoms. The Bertz CT molecular complexity index is 758. The number of rotatable bonds is 3. The molecule has 3 rings (SSSR count). The smallest absolute Gasteiger partial charge is 0.128 e. The molecular weight excluding hydrogens is 311 g/mol. The second-order valence-electron chi connectivity index (χ2n) is 4.89. The van der Waals surface area contributed by atoms with Gasteiger partial charge in [-0.05, 0) is 53.9 Å².